The standard InChI is InChI=1S/C43H40N2O5S/c1-42(2,3)50-40(47)44-35(28-31-15-13-14-22-37(31)44)29-49-36-25-23-30(24-26-36)27-38-39(46)45(41(48)51-38)43(32-16-7-4-8-17-32,33-18-9-5-10-19-33)34-20-11-6-12-21-34/h4-26,35,38H,27-29H2,1-3H3. The van der Waals surface area contributed by atoms with E-state index in [0.29, 0.717) is 18.6 Å². The van der Waals surface area contributed by atoms with E-state index in [0.717, 1.165) is 45.3 Å². The van der Waals surface area contributed by atoms with Crippen LogP contribution in [-0.4, -0.2) is 45.6 Å². The first-order valence-corrected chi connectivity index (χ1v) is 18.1. The Labute approximate surface area is 303 Å². The van der Waals surface area contributed by atoms with Crippen LogP contribution in [-0.2, 0) is 27.9 Å². The van der Waals surface area contributed by atoms with Crippen molar-refractivity contribution in [2.75, 3.05) is 11.5 Å². The van der Waals surface area contributed by atoms with Crippen LogP contribution in [0.2, 0.25) is 0 Å². The van der Waals surface area contributed by atoms with Gasteiger partial charge in [-0.05, 0) is 79.6 Å². The second-order valence-corrected chi connectivity index (χ2v) is 15.0. The second-order valence-electron chi connectivity index (χ2n) is 13.9. The van der Waals surface area contributed by atoms with Crippen molar-refractivity contribution in [3.8, 4) is 5.75 Å². The Hall–Kier alpha value is -5.34. The fourth-order valence-corrected chi connectivity index (χ4v) is 8.15. The number of imide groups is 1. The number of hydrogen-bond acceptors (Lipinski definition) is 6. The molecule has 0 aliphatic carbocycles. The molecule has 2 unspecified atom stereocenters. The molecule has 3 amide bonds. The Bertz CT molecular complexity index is 1920. The molecule has 0 radical (unpaired) electrons. The van der Waals surface area contributed by atoms with Crippen molar-refractivity contribution < 1.29 is 23.9 Å². The van der Waals surface area contributed by atoms with E-state index < -0.39 is 22.5 Å². The van der Waals surface area contributed by atoms with E-state index in [2.05, 4.69) is 0 Å². The normalized spacial score (nSPS) is 17.4. The van der Waals surface area contributed by atoms with Crippen molar-refractivity contribution in [3.05, 3.63) is 167 Å². The summed E-state index contributed by atoms with van der Waals surface area (Å²) in [5.41, 5.74) is 3.57. The molecule has 2 aliphatic rings. The molecule has 7 rings (SSSR count). The number of carbonyl (C=O) groups excluding carboxylic acids is 3. The molecule has 0 N–H and O–H groups in total. The first kappa shape index (κ1) is 34.1. The molecule has 5 aromatic carbocycles. The third-order valence-corrected chi connectivity index (χ3v) is 10.3. The number of amides is 3. The zero-order chi connectivity index (χ0) is 35.6. The number of hydrogen-bond donors (Lipinski definition) is 0. The van der Waals surface area contributed by atoms with Crippen molar-refractivity contribution in [2.45, 2.75) is 56.0 Å². The van der Waals surface area contributed by atoms with Gasteiger partial charge in [0.05, 0.1) is 17.0 Å². The molecule has 0 saturated carbocycles. The van der Waals surface area contributed by atoms with Crippen LogP contribution < -0.4 is 9.64 Å². The quantitative estimate of drug-likeness (QED) is 0.143. The van der Waals surface area contributed by atoms with Crippen LogP contribution in [0.15, 0.2) is 140 Å². The number of rotatable bonds is 9. The number of carbonyl (C=O) groups is 3. The molecule has 0 spiro atoms. The lowest BCUT2D eigenvalue weighted by Crippen LogP contribution is -2.51. The van der Waals surface area contributed by atoms with Crippen LogP contribution in [0.5, 0.6) is 5.75 Å². The largest absolute Gasteiger partial charge is 0.491 e. The van der Waals surface area contributed by atoms with Gasteiger partial charge in [-0.15, -0.1) is 0 Å². The summed E-state index contributed by atoms with van der Waals surface area (Å²) < 4.78 is 12.0. The molecule has 258 valence electrons. The minimum absolute atomic E-state index is 0.222. The van der Waals surface area contributed by atoms with E-state index >= 15 is 0 Å². The van der Waals surface area contributed by atoms with Gasteiger partial charge < -0.3 is 9.47 Å². The van der Waals surface area contributed by atoms with Crippen LogP contribution in [0.4, 0.5) is 15.3 Å². The number of benzene rings is 5. The third kappa shape index (κ3) is 6.76. The van der Waals surface area contributed by atoms with E-state index in [1.54, 1.807) is 4.90 Å². The Morgan fingerprint density at radius 3 is 1.80 bits per heavy atom. The van der Waals surface area contributed by atoms with Crippen LogP contribution in [0.1, 0.15) is 48.6 Å². The number of para-hydroxylation sites is 1. The average Bonchev–Trinajstić information content (AvgIpc) is 3.65. The molecule has 51 heavy (non-hydrogen) atoms. The maximum absolute atomic E-state index is 14.5. The first-order valence-electron chi connectivity index (χ1n) is 17.2. The summed E-state index contributed by atoms with van der Waals surface area (Å²) in [6.45, 7) is 5.86. The molecule has 7 nitrogen and oxygen atoms in total. The fourth-order valence-electron chi connectivity index (χ4n) is 7.10. The maximum atomic E-state index is 14.5. The summed E-state index contributed by atoms with van der Waals surface area (Å²) in [4.78, 5) is 44.9. The van der Waals surface area contributed by atoms with Crippen molar-refractivity contribution in [1.29, 1.82) is 0 Å². The molecule has 0 bridgehead atoms. The molecule has 8 heteroatoms. The maximum Gasteiger partial charge on any atom is 0.415 e. The Morgan fingerprint density at radius 2 is 1.25 bits per heavy atom. The van der Waals surface area contributed by atoms with E-state index in [-0.39, 0.29) is 23.8 Å². The SMILES string of the molecule is CC(C)(C)OC(=O)N1c2ccccc2CC1COc1ccc(CC2SC(=O)N(C(c3ccccc3)(c3ccccc3)c3ccccc3)C2=O)cc1. The highest BCUT2D eigenvalue weighted by atomic mass is 32.2. The number of ether oxygens (including phenoxy) is 2. The van der Waals surface area contributed by atoms with E-state index in [4.69, 9.17) is 9.47 Å². The first-order chi connectivity index (χ1) is 24.6. The summed E-state index contributed by atoms with van der Waals surface area (Å²) in [7, 11) is 0. The number of thioether (sulfide) groups is 1. The molecule has 2 aliphatic heterocycles. The summed E-state index contributed by atoms with van der Waals surface area (Å²) in [5.74, 6) is 0.420. The summed E-state index contributed by atoms with van der Waals surface area (Å²) in [5, 5.41) is -0.882. The van der Waals surface area contributed by atoms with Crippen LogP contribution in [0.3, 0.4) is 0 Å². The molecular formula is C43H40N2O5S. The van der Waals surface area contributed by atoms with Crippen molar-refractivity contribution in [1.82, 2.24) is 4.90 Å². The number of fused-ring (bicyclic) bond motifs is 1. The lowest BCUT2D eigenvalue weighted by atomic mass is 9.75. The monoisotopic (exact) mass is 696 g/mol. The topological polar surface area (TPSA) is 76.2 Å². The molecule has 0 aromatic heterocycles. The van der Waals surface area contributed by atoms with Crippen molar-refractivity contribution >= 4 is 34.7 Å². The van der Waals surface area contributed by atoms with Gasteiger partial charge in [0.25, 0.3) is 5.24 Å². The van der Waals surface area contributed by atoms with E-state index in [1.807, 2.05) is 160 Å². The zero-order valence-corrected chi connectivity index (χ0v) is 29.7. The lowest BCUT2D eigenvalue weighted by molar-refractivity contribution is -0.129. The molecule has 2 heterocycles. The van der Waals surface area contributed by atoms with Gasteiger partial charge in [-0.2, -0.15) is 0 Å². The smallest absolute Gasteiger partial charge is 0.415 e. The highest BCUT2D eigenvalue weighted by Gasteiger charge is 2.54. The highest BCUT2D eigenvalue weighted by molar-refractivity contribution is 8.15. The molecule has 2 atom stereocenters. The zero-order valence-electron chi connectivity index (χ0n) is 28.9. The predicted octanol–water partition coefficient (Wildman–Crippen LogP) is 9.03. The molecular weight excluding hydrogens is 657 g/mol. The predicted molar refractivity (Wildman–Crippen MR) is 201 cm³/mol. The van der Waals surface area contributed by atoms with Gasteiger partial charge in [-0.3, -0.25) is 19.4 Å². The minimum Gasteiger partial charge on any atom is -0.491 e. The van der Waals surface area contributed by atoms with Gasteiger partial charge in [0.15, 0.2) is 0 Å². The van der Waals surface area contributed by atoms with Gasteiger partial charge >= 0.3 is 6.09 Å². The molecule has 5 aromatic rings. The summed E-state index contributed by atoms with van der Waals surface area (Å²) in [6.07, 6.45) is 0.648. The van der Waals surface area contributed by atoms with Crippen molar-refractivity contribution in [2.24, 2.45) is 0 Å². The number of anilines is 1. The Balaban J connectivity index is 1.10. The van der Waals surface area contributed by atoms with E-state index in [9.17, 15) is 14.4 Å². The van der Waals surface area contributed by atoms with Crippen molar-refractivity contribution in [3.63, 3.8) is 0 Å². The van der Waals surface area contributed by atoms with Crippen LogP contribution >= 0.6 is 11.8 Å². The van der Waals surface area contributed by atoms with Gasteiger partial charge in [-0.25, -0.2) is 4.79 Å². The number of nitrogens with zero attached hydrogens (tertiary/aromatic N) is 2. The Morgan fingerprint density at radius 1 is 0.725 bits per heavy atom. The van der Waals surface area contributed by atoms with Crippen LogP contribution in [0, 0.1) is 0 Å². The molecule has 1 saturated heterocycles. The Kier molecular flexibility index (Phi) is 9.44. The third-order valence-electron chi connectivity index (χ3n) is 9.28. The van der Waals surface area contributed by atoms with E-state index in [1.165, 1.54) is 4.90 Å². The van der Waals surface area contributed by atoms with Crippen LogP contribution in [0.25, 0.3) is 0 Å². The average molecular weight is 697 g/mol. The second kappa shape index (κ2) is 14.1. The highest BCUT2D eigenvalue weighted by Crippen LogP contribution is 2.48. The van der Waals surface area contributed by atoms with Gasteiger partial charge in [0.1, 0.15) is 23.5 Å². The lowest BCUT2D eigenvalue weighted by Gasteiger charge is -2.42. The van der Waals surface area contributed by atoms with Gasteiger partial charge in [-0.1, -0.05) is 133 Å². The van der Waals surface area contributed by atoms with Gasteiger partial charge in [0, 0.05) is 0 Å². The minimum atomic E-state index is -1.15. The molecule has 1 fully saturated rings. The van der Waals surface area contributed by atoms with Gasteiger partial charge in [0.2, 0.25) is 5.91 Å². The summed E-state index contributed by atoms with van der Waals surface area (Å²) in [6, 6.07) is 44.6. The fraction of sp³-hybridized carbons (Fsp3) is 0.233. The summed E-state index contributed by atoms with van der Waals surface area (Å²) >= 11 is 1.08.